The van der Waals surface area contributed by atoms with E-state index in [-0.39, 0.29) is 5.78 Å². The van der Waals surface area contributed by atoms with Gasteiger partial charge in [-0.3, -0.25) is 4.79 Å². The van der Waals surface area contributed by atoms with Crippen LogP contribution in [0, 0.1) is 11.8 Å². The summed E-state index contributed by atoms with van der Waals surface area (Å²) in [6, 6.07) is 8.84. The van der Waals surface area contributed by atoms with Crippen LogP contribution >= 0.6 is 0 Å². The van der Waals surface area contributed by atoms with Crippen LogP contribution in [-0.2, 0) is 11.2 Å². The lowest BCUT2D eigenvalue weighted by Gasteiger charge is -2.26. The maximum Gasteiger partial charge on any atom is 0.155 e. The number of hydrogen-bond acceptors (Lipinski definition) is 1. The fraction of sp³-hybridized carbons (Fsp3) is 0.571. The molecule has 0 aliphatic heterocycles. The van der Waals surface area contributed by atoms with E-state index >= 15 is 0 Å². The van der Waals surface area contributed by atoms with Crippen LogP contribution in [0.2, 0.25) is 0 Å². The topological polar surface area (TPSA) is 17.1 Å². The molecule has 0 unspecified atom stereocenters. The van der Waals surface area contributed by atoms with Crippen LogP contribution in [0.5, 0.6) is 0 Å². The van der Waals surface area contributed by atoms with Gasteiger partial charge in [0.1, 0.15) is 0 Å². The van der Waals surface area contributed by atoms with Crippen molar-refractivity contribution in [2.24, 2.45) is 11.8 Å². The molecule has 22 heavy (non-hydrogen) atoms. The van der Waals surface area contributed by atoms with Gasteiger partial charge in [-0.05, 0) is 67.2 Å². The first-order chi connectivity index (χ1) is 10.6. The van der Waals surface area contributed by atoms with Crippen LogP contribution in [0.25, 0.3) is 5.57 Å². The monoisotopic (exact) mass is 298 g/mol. The highest BCUT2D eigenvalue weighted by molar-refractivity contribution is 5.96. The highest BCUT2D eigenvalue weighted by atomic mass is 16.1. The lowest BCUT2D eigenvalue weighted by atomic mass is 9.80. The maximum absolute atomic E-state index is 11.7. The molecule has 1 aromatic rings. The van der Waals surface area contributed by atoms with Crippen LogP contribution in [0.3, 0.4) is 0 Å². The van der Waals surface area contributed by atoms with Crippen molar-refractivity contribution in [2.75, 3.05) is 0 Å². The molecule has 0 radical (unpaired) electrons. The number of carbonyl (C=O) groups is 1. The number of allylic oxidation sites excluding steroid dienone is 2. The van der Waals surface area contributed by atoms with Crippen molar-refractivity contribution in [2.45, 2.75) is 65.7 Å². The zero-order valence-corrected chi connectivity index (χ0v) is 14.4. The van der Waals surface area contributed by atoms with Gasteiger partial charge in [-0.25, -0.2) is 0 Å². The van der Waals surface area contributed by atoms with Crippen LogP contribution in [0.1, 0.15) is 70.4 Å². The molecule has 0 amide bonds. The van der Waals surface area contributed by atoms with E-state index in [1.807, 2.05) is 13.8 Å². The van der Waals surface area contributed by atoms with Gasteiger partial charge in [0.05, 0.1) is 0 Å². The smallest absolute Gasteiger partial charge is 0.155 e. The highest BCUT2D eigenvalue weighted by Gasteiger charge is 2.18. The lowest BCUT2D eigenvalue weighted by molar-refractivity contribution is -0.114. The average Bonchev–Trinajstić information content (AvgIpc) is 2.50. The average molecular weight is 298 g/mol. The normalized spacial score (nSPS) is 22.6. The Hall–Kier alpha value is -1.37. The zero-order chi connectivity index (χ0) is 15.9. The third kappa shape index (κ3) is 5.12. The summed E-state index contributed by atoms with van der Waals surface area (Å²) >= 11 is 0. The first-order valence-corrected chi connectivity index (χ1v) is 8.89. The summed E-state index contributed by atoms with van der Waals surface area (Å²) < 4.78 is 0. The van der Waals surface area contributed by atoms with Crippen molar-refractivity contribution in [3.63, 3.8) is 0 Å². The van der Waals surface area contributed by atoms with Crippen molar-refractivity contribution >= 4 is 11.4 Å². The van der Waals surface area contributed by atoms with Crippen LogP contribution in [0.15, 0.2) is 30.3 Å². The van der Waals surface area contributed by atoms with Gasteiger partial charge < -0.3 is 0 Å². The molecule has 0 N–H and O–H groups in total. The summed E-state index contributed by atoms with van der Waals surface area (Å²) in [5.74, 6) is 2.03. The van der Waals surface area contributed by atoms with Crippen molar-refractivity contribution in [1.82, 2.24) is 0 Å². The van der Waals surface area contributed by atoms with Crippen molar-refractivity contribution in [1.29, 1.82) is 0 Å². The SMILES string of the molecule is CCCC(=O)C=C(C)c1ccc(CC2CCC(C)CC2)cc1. The molecule has 1 nitrogen and oxygen atoms in total. The first-order valence-electron chi connectivity index (χ1n) is 8.89. The summed E-state index contributed by atoms with van der Waals surface area (Å²) in [5.41, 5.74) is 3.69. The Balaban J connectivity index is 1.93. The summed E-state index contributed by atoms with van der Waals surface area (Å²) in [7, 11) is 0. The molecule has 0 aromatic heterocycles. The third-order valence-corrected chi connectivity index (χ3v) is 4.94. The highest BCUT2D eigenvalue weighted by Crippen LogP contribution is 2.30. The Kier molecular flexibility index (Phi) is 6.42. The van der Waals surface area contributed by atoms with Gasteiger partial charge in [0, 0.05) is 6.42 Å². The second-order valence-electron chi connectivity index (χ2n) is 7.07. The minimum absolute atomic E-state index is 0.236. The Bertz CT molecular complexity index is 501. The first kappa shape index (κ1) is 17.0. The van der Waals surface area contributed by atoms with Gasteiger partial charge in [-0.15, -0.1) is 0 Å². The summed E-state index contributed by atoms with van der Waals surface area (Å²) in [4.78, 5) is 11.7. The van der Waals surface area contributed by atoms with Crippen LogP contribution in [-0.4, -0.2) is 5.78 Å². The molecule has 0 spiro atoms. The van der Waals surface area contributed by atoms with Crippen molar-refractivity contribution in [3.05, 3.63) is 41.5 Å². The fourth-order valence-corrected chi connectivity index (χ4v) is 3.41. The second kappa shape index (κ2) is 8.31. The molecule has 1 fully saturated rings. The van der Waals surface area contributed by atoms with E-state index in [1.54, 1.807) is 6.08 Å². The molecular formula is C21H30O. The molecule has 0 atom stereocenters. The Morgan fingerprint density at radius 3 is 2.36 bits per heavy atom. The van der Waals surface area contributed by atoms with Crippen molar-refractivity contribution in [3.8, 4) is 0 Å². The predicted molar refractivity (Wildman–Crippen MR) is 94.8 cm³/mol. The van der Waals surface area contributed by atoms with Crippen LogP contribution in [0.4, 0.5) is 0 Å². The van der Waals surface area contributed by atoms with E-state index in [4.69, 9.17) is 0 Å². The van der Waals surface area contributed by atoms with Gasteiger partial charge in [0.2, 0.25) is 0 Å². The second-order valence-corrected chi connectivity index (χ2v) is 7.07. The minimum Gasteiger partial charge on any atom is -0.295 e. The van der Waals surface area contributed by atoms with Gasteiger partial charge in [0.15, 0.2) is 5.78 Å². The summed E-state index contributed by atoms with van der Waals surface area (Å²) in [6.45, 7) is 6.45. The van der Waals surface area contributed by atoms with E-state index in [0.717, 1.165) is 23.8 Å². The van der Waals surface area contributed by atoms with E-state index in [9.17, 15) is 4.79 Å². The summed E-state index contributed by atoms with van der Waals surface area (Å²) in [5, 5.41) is 0. The molecule has 0 heterocycles. The van der Waals surface area contributed by atoms with Gasteiger partial charge >= 0.3 is 0 Å². The lowest BCUT2D eigenvalue weighted by Crippen LogP contribution is -2.14. The molecule has 1 heteroatoms. The molecule has 1 aliphatic carbocycles. The number of rotatable bonds is 6. The van der Waals surface area contributed by atoms with Crippen LogP contribution < -0.4 is 0 Å². The van der Waals surface area contributed by atoms with Crippen molar-refractivity contribution < 1.29 is 4.79 Å². The number of benzene rings is 1. The van der Waals surface area contributed by atoms with E-state index in [1.165, 1.54) is 43.2 Å². The van der Waals surface area contributed by atoms with Gasteiger partial charge in [-0.2, -0.15) is 0 Å². The van der Waals surface area contributed by atoms with E-state index < -0.39 is 0 Å². The molecule has 2 rings (SSSR count). The quantitative estimate of drug-likeness (QED) is 0.604. The van der Waals surface area contributed by atoms with Gasteiger partial charge in [-0.1, -0.05) is 51.0 Å². The Labute approximate surface area is 135 Å². The van der Waals surface area contributed by atoms with E-state index in [2.05, 4.69) is 31.2 Å². The molecule has 0 saturated heterocycles. The van der Waals surface area contributed by atoms with E-state index in [0.29, 0.717) is 6.42 Å². The number of carbonyl (C=O) groups excluding carboxylic acids is 1. The molecule has 1 saturated carbocycles. The standard InChI is InChI=1S/C21H30O/c1-4-5-21(22)14-17(3)20-12-10-19(11-13-20)15-18-8-6-16(2)7-9-18/h10-14,16,18H,4-9,15H2,1-3H3. The fourth-order valence-electron chi connectivity index (χ4n) is 3.41. The largest absolute Gasteiger partial charge is 0.295 e. The molecule has 1 aromatic carbocycles. The minimum atomic E-state index is 0.236. The number of hydrogen-bond donors (Lipinski definition) is 0. The Morgan fingerprint density at radius 2 is 1.77 bits per heavy atom. The molecule has 120 valence electrons. The third-order valence-electron chi connectivity index (χ3n) is 4.94. The maximum atomic E-state index is 11.7. The summed E-state index contributed by atoms with van der Waals surface area (Å²) in [6.07, 6.45) is 10.1. The molecule has 1 aliphatic rings. The Morgan fingerprint density at radius 1 is 1.14 bits per heavy atom. The zero-order valence-electron chi connectivity index (χ0n) is 14.4. The molecular weight excluding hydrogens is 268 g/mol. The predicted octanol–water partition coefficient (Wildman–Crippen LogP) is 5.83. The van der Waals surface area contributed by atoms with Gasteiger partial charge in [0.25, 0.3) is 0 Å². The molecule has 0 bridgehead atoms. The number of ketones is 1.